The normalized spacial score (nSPS) is 10.1. The molecule has 0 bridgehead atoms. The largest absolute Gasteiger partial charge is 0.496 e. The van der Waals surface area contributed by atoms with Crippen LogP contribution < -0.4 is 4.74 Å². The molecule has 0 aromatic heterocycles. The number of benzene rings is 2. The Morgan fingerprint density at radius 2 is 1.72 bits per heavy atom. The number of carboxylic acids is 1. The summed E-state index contributed by atoms with van der Waals surface area (Å²) in [5, 5.41) is 9.07. The van der Waals surface area contributed by atoms with Crippen molar-refractivity contribution in [3.8, 4) is 16.9 Å². The van der Waals surface area contributed by atoms with Crippen LogP contribution in [-0.4, -0.2) is 18.2 Å². The monoisotopic (exact) mass is 246 g/mol. The first kappa shape index (κ1) is 12.1. The lowest BCUT2D eigenvalue weighted by Gasteiger charge is -2.07. The average molecular weight is 246 g/mol. The molecule has 1 N–H and O–H groups in total. The smallest absolute Gasteiger partial charge is 0.339 e. The zero-order valence-corrected chi connectivity index (χ0v) is 9.68. The van der Waals surface area contributed by atoms with Gasteiger partial charge < -0.3 is 9.84 Å². The van der Waals surface area contributed by atoms with E-state index in [0.717, 1.165) is 5.56 Å². The molecular weight excluding hydrogens is 235 g/mol. The Balaban J connectivity index is 2.49. The van der Waals surface area contributed by atoms with Gasteiger partial charge in [0.1, 0.15) is 17.1 Å². The van der Waals surface area contributed by atoms with Crippen molar-refractivity contribution in [1.82, 2.24) is 0 Å². The number of ether oxygens (including phenoxy) is 1. The maximum atomic E-state index is 12.8. The van der Waals surface area contributed by atoms with Gasteiger partial charge in [-0.3, -0.25) is 0 Å². The van der Waals surface area contributed by atoms with Gasteiger partial charge in [-0.1, -0.05) is 18.2 Å². The second-order valence-corrected chi connectivity index (χ2v) is 3.73. The quantitative estimate of drug-likeness (QED) is 0.904. The summed E-state index contributed by atoms with van der Waals surface area (Å²) >= 11 is 0. The SMILES string of the molecule is COc1ccc(-c2ccc(F)cc2)cc1C(=O)O. The number of carbonyl (C=O) groups is 1. The van der Waals surface area contributed by atoms with E-state index in [1.807, 2.05) is 0 Å². The summed E-state index contributed by atoms with van der Waals surface area (Å²) in [7, 11) is 1.42. The Morgan fingerprint density at radius 1 is 1.11 bits per heavy atom. The van der Waals surface area contributed by atoms with E-state index in [4.69, 9.17) is 9.84 Å². The molecule has 0 radical (unpaired) electrons. The Kier molecular flexibility index (Phi) is 3.28. The zero-order chi connectivity index (χ0) is 13.1. The lowest BCUT2D eigenvalue weighted by molar-refractivity contribution is 0.0693. The number of hydrogen-bond acceptors (Lipinski definition) is 2. The van der Waals surface area contributed by atoms with Crippen LogP contribution in [0.15, 0.2) is 42.5 Å². The van der Waals surface area contributed by atoms with E-state index in [1.165, 1.54) is 25.3 Å². The van der Waals surface area contributed by atoms with Crippen LogP contribution in [0.1, 0.15) is 10.4 Å². The average Bonchev–Trinajstić information content (AvgIpc) is 2.39. The highest BCUT2D eigenvalue weighted by Gasteiger charge is 2.12. The summed E-state index contributed by atoms with van der Waals surface area (Å²) in [5.41, 5.74) is 1.54. The van der Waals surface area contributed by atoms with Crippen LogP contribution in [0.25, 0.3) is 11.1 Å². The lowest BCUT2D eigenvalue weighted by atomic mass is 10.0. The number of aromatic carboxylic acids is 1. The number of rotatable bonds is 3. The van der Waals surface area contributed by atoms with Crippen LogP contribution in [-0.2, 0) is 0 Å². The standard InChI is InChI=1S/C14H11FO3/c1-18-13-7-4-10(8-12(13)14(16)17)9-2-5-11(15)6-3-9/h2-8H,1H3,(H,16,17). The van der Waals surface area contributed by atoms with Crippen molar-refractivity contribution in [3.05, 3.63) is 53.8 Å². The van der Waals surface area contributed by atoms with Crippen LogP contribution >= 0.6 is 0 Å². The Morgan fingerprint density at radius 3 is 2.28 bits per heavy atom. The predicted molar refractivity (Wildman–Crippen MR) is 65.3 cm³/mol. The van der Waals surface area contributed by atoms with Gasteiger partial charge in [-0.2, -0.15) is 0 Å². The molecule has 92 valence electrons. The first-order chi connectivity index (χ1) is 8.61. The maximum absolute atomic E-state index is 12.8. The van der Waals surface area contributed by atoms with E-state index in [-0.39, 0.29) is 11.4 Å². The molecule has 0 unspecified atom stereocenters. The number of hydrogen-bond donors (Lipinski definition) is 1. The molecule has 0 spiro atoms. The molecule has 0 aliphatic heterocycles. The zero-order valence-electron chi connectivity index (χ0n) is 9.68. The van der Waals surface area contributed by atoms with Crippen LogP contribution in [0.3, 0.4) is 0 Å². The summed E-state index contributed by atoms with van der Waals surface area (Å²) in [6.45, 7) is 0. The van der Waals surface area contributed by atoms with Crippen LogP contribution in [0.4, 0.5) is 4.39 Å². The Hall–Kier alpha value is -2.36. The Labute approximate surface area is 103 Å². The molecule has 0 atom stereocenters. The van der Waals surface area contributed by atoms with Crippen LogP contribution in [0, 0.1) is 5.82 Å². The van der Waals surface area contributed by atoms with Crippen molar-refractivity contribution in [2.24, 2.45) is 0 Å². The van der Waals surface area contributed by atoms with Crippen molar-refractivity contribution in [1.29, 1.82) is 0 Å². The summed E-state index contributed by atoms with van der Waals surface area (Å²) < 4.78 is 17.8. The van der Waals surface area contributed by atoms with Gasteiger partial charge in [0.05, 0.1) is 7.11 Å². The summed E-state index contributed by atoms with van der Waals surface area (Å²) in [5.74, 6) is -1.09. The minimum atomic E-state index is -1.06. The molecular formula is C14H11FO3. The van der Waals surface area contributed by atoms with Crippen molar-refractivity contribution < 1.29 is 19.0 Å². The van der Waals surface area contributed by atoms with Crippen molar-refractivity contribution in [2.75, 3.05) is 7.11 Å². The van der Waals surface area contributed by atoms with Crippen LogP contribution in [0.5, 0.6) is 5.75 Å². The maximum Gasteiger partial charge on any atom is 0.339 e. The molecule has 3 nitrogen and oxygen atoms in total. The highest BCUT2D eigenvalue weighted by Crippen LogP contribution is 2.26. The van der Waals surface area contributed by atoms with E-state index in [2.05, 4.69) is 0 Å². The van der Waals surface area contributed by atoms with Crippen molar-refractivity contribution >= 4 is 5.97 Å². The number of methoxy groups -OCH3 is 1. The van der Waals surface area contributed by atoms with Gasteiger partial charge in [-0.05, 0) is 35.4 Å². The number of halogens is 1. The van der Waals surface area contributed by atoms with Gasteiger partial charge in [0.25, 0.3) is 0 Å². The molecule has 2 aromatic rings. The molecule has 4 heteroatoms. The second-order valence-electron chi connectivity index (χ2n) is 3.73. The van der Waals surface area contributed by atoms with Gasteiger partial charge in [0.15, 0.2) is 0 Å². The minimum absolute atomic E-state index is 0.0827. The Bertz CT molecular complexity index is 576. The second kappa shape index (κ2) is 4.87. The molecule has 2 aromatic carbocycles. The molecule has 0 saturated carbocycles. The third-order valence-electron chi connectivity index (χ3n) is 2.61. The third-order valence-corrected chi connectivity index (χ3v) is 2.61. The highest BCUT2D eigenvalue weighted by molar-refractivity contribution is 5.92. The van der Waals surface area contributed by atoms with Gasteiger partial charge in [-0.25, -0.2) is 9.18 Å². The van der Waals surface area contributed by atoms with Crippen molar-refractivity contribution in [3.63, 3.8) is 0 Å². The lowest BCUT2D eigenvalue weighted by Crippen LogP contribution is -2.00. The molecule has 0 fully saturated rings. The molecule has 18 heavy (non-hydrogen) atoms. The van der Waals surface area contributed by atoms with Gasteiger partial charge >= 0.3 is 5.97 Å². The van der Waals surface area contributed by atoms with Gasteiger partial charge in [0, 0.05) is 0 Å². The number of carboxylic acid groups (broad SMARTS) is 1. The highest BCUT2D eigenvalue weighted by atomic mass is 19.1. The van der Waals surface area contributed by atoms with E-state index in [1.54, 1.807) is 24.3 Å². The van der Waals surface area contributed by atoms with Crippen LogP contribution in [0.2, 0.25) is 0 Å². The molecule has 0 saturated heterocycles. The van der Waals surface area contributed by atoms with E-state index < -0.39 is 5.97 Å². The fourth-order valence-corrected chi connectivity index (χ4v) is 1.70. The van der Waals surface area contributed by atoms with Gasteiger partial charge in [-0.15, -0.1) is 0 Å². The first-order valence-electron chi connectivity index (χ1n) is 5.29. The van der Waals surface area contributed by atoms with E-state index >= 15 is 0 Å². The summed E-state index contributed by atoms with van der Waals surface area (Å²) in [4.78, 5) is 11.1. The minimum Gasteiger partial charge on any atom is -0.496 e. The van der Waals surface area contributed by atoms with Crippen molar-refractivity contribution in [2.45, 2.75) is 0 Å². The van der Waals surface area contributed by atoms with E-state index in [0.29, 0.717) is 11.3 Å². The summed E-state index contributed by atoms with van der Waals surface area (Å²) in [6.07, 6.45) is 0. The molecule has 0 aliphatic rings. The third kappa shape index (κ3) is 2.32. The fraction of sp³-hybridized carbons (Fsp3) is 0.0714. The molecule has 0 amide bonds. The topological polar surface area (TPSA) is 46.5 Å². The summed E-state index contributed by atoms with van der Waals surface area (Å²) in [6, 6.07) is 10.7. The fourth-order valence-electron chi connectivity index (χ4n) is 1.70. The predicted octanol–water partition coefficient (Wildman–Crippen LogP) is 3.20. The van der Waals surface area contributed by atoms with E-state index in [9.17, 15) is 9.18 Å². The molecule has 2 rings (SSSR count). The van der Waals surface area contributed by atoms with Gasteiger partial charge in [0.2, 0.25) is 0 Å². The first-order valence-corrected chi connectivity index (χ1v) is 5.29. The molecule has 0 heterocycles. The molecule has 0 aliphatic carbocycles.